The van der Waals surface area contributed by atoms with Crippen molar-refractivity contribution in [3.8, 4) is 12.3 Å². The summed E-state index contributed by atoms with van der Waals surface area (Å²) in [7, 11) is 0. The van der Waals surface area contributed by atoms with Gasteiger partial charge >= 0.3 is 0 Å². The third-order valence-corrected chi connectivity index (χ3v) is 7.84. The van der Waals surface area contributed by atoms with Crippen LogP contribution in [-0.2, 0) is 4.79 Å². The van der Waals surface area contributed by atoms with E-state index in [-0.39, 0.29) is 5.41 Å². The number of hydrogen-bond acceptors (Lipinski definition) is 2. The summed E-state index contributed by atoms with van der Waals surface area (Å²) in [6.45, 7) is 6.64. The minimum atomic E-state index is -0.975. The molecule has 0 spiro atoms. The molecule has 0 radical (unpaired) electrons. The van der Waals surface area contributed by atoms with Crippen LogP contribution in [0.15, 0.2) is 23.3 Å². The Hall–Kier alpha value is -1.33. The quantitative estimate of drug-likeness (QED) is 0.580. The maximum atomic E-state index is 11.9. The molecule has 1 N–H and O–H groups in total. The number of allylic oxidation sites excluding steroid dienone is 3. The lowest BCUT2D eigenvalue weighted by Crippen LogP contribution is -2.53. The standard InChI is InChI=1S/C22H28O2/c1-4-21-13-14(3)20-17-9-7-16(23)12-15(17)6-8-18(20)19(21)10-11-22(21,24)5-2/h2,18-20,24H,3-4,6-13H2,1H3. The van der Waals surface area contributed by atoms with Gasteiger partial charge in [-0.1, -0.05) is 36.1 Å². The van der Waals surface area contributed by atoms with Crippen molar-refractivity contribution in [1.82, 2.24) is 0 Å². The molecule has 0 aromatic rings. The zero-order valence-corrected chi connectivity index (χ0v) is 14.7. The molecule has 4 aliphatic carbocycles. The highest BCUT2D eigenvalue weighted by Crippen LogP contribution is 2.66. The Morgan fingerprint density at radius 2 is 2.12 bits per heavy atom. The monoisotopic (exact) mass is 324 g/mol. The first-order valence-electron chi connectivity index (χ1n) is 9.56. The number of rotatable bonds is 1. The highest BCUT2D eigenvalue weighted by atomic mass is 16.3. The van der Waals surface area contributed by atoms with Crippen molar-refractivity contribution in [1.29, 1.82) is 0 Å². The zero-order valence-electron chi connectivity index (χ0n) is 14.7. The van der Waals surface area contributed by atoms with Gasteiger partial charge in [0, 0.05) is 24.2 Å². The van der Waals surface area contributed by atoms with E-state index < -0.39 is 5.60 Å². The average Bonchev–Trinajstić information content (AvgIpc) is 2.88. The molecule has 24 heavy (non-hydrogen) atoms. The van der Waals surface area contributed by atoms with Crippen molar-refractivity contribution in [2.75, 3.05) is 0 Å². The van der Waals surface area contributed by atoms with Gasteiger partial charge in [0.15, 0.2) is 0 Å². The van der Waals surface area contributed by atoms with Gasteiger partial charge in [-0.05, 0) is 56.8 Å². The Kier molecular flexibility index (Phi) is 3.59. The first-order chi connectivity index (χ1) is 11.5. The molecule has 0 heterocycles. The molecule has 0 saturated heterocycles. The van der Waals surface area contributed by atoms with Crippen molar-refractivity contribution in [2.24, 2.45) is 23.2 Å². The molecule has 0 aliphatic heterocycles. The molecule has 4 rings (SSSR count). The van der Waals surface area contributed by atoms with Gasteiger partial charge in [0.05, 0.1) is 0 Å². The van der Waals surface area contributed by atoms with Gasteiger partial charge in [-0.3, -0.25) is 4.79 Å². The molecule has 0 aromatic carbocycles. The lowest BCUT2D eigenvalue weighted by Gasteiger charge is -2.55. The van der Waals surface area contributed by atoms with Crippen molar-refractivity contribution >= 4 is 5.78 Å². The summed E-state index contributed by atoms with van der Waals surface area (Å²) in [4.78, 5) is 11.9. The van der Waals surface area contributed by atoms with Crippen LogP contribution in [-0.4, -0.2) is 16.5 Å². The fourth-order valence-corrected chi connectivity index (χ4v) is 6.77. The minimum Gasteiger partial charge on any atom is -0.377 e. The Morgan fingerprint density at radius 3 is 2.83 bits per heavy atom. The summed E-state index contributed by atoms with van der Waals surface area (Å²) >= 11 is 0. The van der Waals surface area contributed by atoms with Crippen LogP contribution >= 0.6 is 0 Å². The maximum Gasteiger partial charge on any atom is 0.137 e. The first kappa shape index (κ1) is 16.2. The smallest absolute Gasteiger partial charge is 0.137 e. The van der Waals surface area contributed by atoms with Gasteiger partial charge in [0.2, 0.25) is 0 Å². The van der Waals surface area contributed by atoms with E-state index in [1.807, 2.05) is 0 Å². The summed E-state index contributed by atoms with van der Waals surface area (Å²) in [5.41, 5.74) is 3.02. The number of ketones is 1. The zero-order chi connectivity index (χ0) is 17.1. The van der Waals surface area contributed by atoms with E-state index in [0.29, 0.717) is 36.4 Å². The number of carbonyl (C=O) groups excluding carboxylic acids is 1. The second kappa shape index (κ2) is 5.33. The van der Waals surface area contributed by atoms with Crippen molar-refractivity contribution in [3.05, 3.63) is 23.3 Å². The van der Waals surface area contributed by atoms with Crippen LogP contribution in [0.3, 0.4) is 0 Å². The van der Waals surface area contributed by atoms with Crippen LogP contribution < -0.4 is 0 Å². The van der Waals surface area contributed by atoms with E-state index >= 15 is 0 Å². The van der Waals surface area contributed by atoms with Gasteiger partial charge in [0.1, 0.15) is 11.4 Å². The molecule has 2 heteroatoms. The molecule has 2 saturated carbocycles. The summed E-state index contributed by atoms with van der Waals surface area (Å²) in [5.74, 6) is 4.65. The highest BCUT2D eigenvalue weighted by molar-refractivity contribution is 5.83. The molecule has 0 aromatic heterocycles. The Bertz CT molecular complexity index is 679. The molecule has 0 amide bonds. The number of aliphatic hydroxyl groups is 1. The van der Waals surface area contributed by atoms with E-state index in [1.165, 1.54) is 16.7 Å². The van der Waals surface area contributed by atoms with Crippen LogP contribution in [0.5, 0.6) is 0 Å². The maximum absolute atomic E-state index is 11.9. The van der Waals surface area contributed by atoms with E-state index in [0.717, 1.165) is 44.9 Å². The highest BCUT2D eigenvalue weighted by Gasteiger charge is 2.63. The number of Topliss-reactive ketones (excluding diaryl/α,β-unsaturated/α-hetero) is 1. The predicted octanol–water partition coefficient (Wildman–Crippen LogP) is 4.19. The van der Waals surface area contributed by atoms with Gasteiger partial charge in [-0.15, -0.1) is 6.42 Å². The number of fused-ring (bicyclic) bond motifs is 4. The van der Waals surface area contributed by atoms with Crippen LogP contribution in [0.1, 0.15) is 64.7 Å². The van der Waals surface area contributed by atoms with Crippen molar-refractivity contribution in [3.63, 3.8) is 0 Å². The molecule has 4 aliphatic rings. The van der Waals surface area contributed by atoms with E-state index in [1.54, 1.807) is 0 Å². The van der Waals surface area contributed by atoms with Crippen LogP contribution in [0, 0.1) is 35.5 Å². The minimum absolute atomic E-state index is 0.192. The van der Waals surface area contributed by atoms with Crippen molar-refractivity contribution in [2.45, 2.75) is 70.3 Å². The first-order valence-corrected chi connectivity index (χ1v) is 9.56. The predicted molar refractivity (Wildman–Crippen MR) is 95.1 cm³/mol. The topological polar surface area (TPSA) is 37.3 Å². The van der Waals surface area contributed by atoms with Gasteiger partial charge in [0.25, 0.3) is 0 Å². The van der Waals surface area contributed by atoms with Gasteiger partial charge in [-0.25, -0.2) is 0 Å². The summed E-state index contributed by atoms with van der Waals surface area (Å²) in [5, 5.41) is 11.2. The Labute approximate surface area is 145 Å². The second-order valence-electron chi connectivity index (χ2n) is 8.52. The lowest BCUT2D eigenvalue weighted by molar-refractivity contribution is -0.119. The molecule has 5 atom stereocenters. The summed E-state index contributed by atoms with van der Waals surface area (Å²) in [6, 6.07) is 0. The van der Waals surface area contributed by atoms with Crippen molar-refractivity contribution < 1.29 is 9.90 Å². The normalized spacial score (nSPS) is 44.6. The van der Waals surface area contributed by atoms with Crippen LogP contribution in [0.4, 0.5) is 0 Å². The SMILES string of the molecule is C#CC1(O)CCC2C3CCC4=C(CCC(=O)C4)C3C(=C)CC21CC. The van der Waals surface area contributed by atoms with E-state index in [4.69, 9.17) is 6.42 Å². The van der Waals surface area contributed by atoms with Gasteiger partial charge in [-0.2, -0.15) is 0 Å². The Morgan fingerprint density at radius 1 is 1.33 bits per heavy atom. The second-order valence-corrected chi connectivity index (χ2v) is 8.52. The number of carbonyl (C=O) groups is 1. The summed E-state index contributed by atoms with van der Waals surface area (Å²) in [6.07, 6.45) is 13.8. The molecular formula is C22H28O2. The molecule has 2 nitrogen and oxygen atoms in total. The van der Waals surface area contributed by atoms with Gasteiger partial charge < -0.3 is 5.11 Å². The number of hydrogen-bond donors (Lipinski definition) is 1. The molecular weight excluding hydrogens is 296 g/mol. The average molecular weight is 324 g/mol. The molecule has 0 bridgehead atoms. The molecule has 2 fully saturated rings. The van der Waals surface area contributed by atoms with E-state index in [9.17, 15) is 9.90 Å². The van der Waals surface area contributed by atoms with Crippen LogP contribution in [0.2, 0.25) is 0 Å². The van der Waals surface area contributed by atoms with E-state index in [2.05, 4.69) is 19.4 Å². The van der Waals surface area contributed by atoms with Crippen LogP contribution in [0.25, 0.3) is 0 Å². The fraction of sp³-hybridized carbons (Fsp3) is 0.682. The molecule has 128 valence electrons. The number of terminal acetylenes is 1. The fourth-order valence-electron chi connectivity index (χ4n) is 6.77. The summed E-state index contributed by atoms with van der Waals surface area (Å²) < 4.78 is 0. The molecule has 5 unspecified atom stereocenters. The largest absolute Gasteiger partial charge is 0.377 e. The Balaban J connectivity index is 1.76. The lowest BCUT2D eigenvalue weighted by atomic mass is 9.50. The third-order valence-electron chi connectivity index (χ3n) is 7.84. The third kappa shape index (κ3) is 1.91.